The second-order valence-corrected chi connectivity index (χ2v) is 5.84. The lowest BCUT2D eigenvalue weighted by Crippen LogP contribution is -2.46. The highest BCUT2D eigenvalue weighted by Gasteiger charge is 2.33. The maximum atomic E-state index is 12.4. The Morgan fingerprint density at radius 2 is 2.09 bits per heavy atom. The van der Waals surface area contributed by atoms with Gasteiger partial charge in [-0.05, 0) is 31.7 Å². The Kier molecular flexibility index (Phi) is 5.95. The third-order valence-corrected chi connectivity index (χ3v) is 3.94. The molecule has 1 aliphatic rings. The van der Waals surface area contributed by atoms with E-state index >= 15 is 0 Å². The van der Waals surface area contributed by atoms with E-state index in [1.165, 1.54) is 0 Å². The summed E-state index contributed by atoms with van der Waals surface area (Å²) >= 11 is 0. The Balaban J connectivity index is 1.89. The first kappa shape index (κ1) is 16.5. The van der Waals surface area contributed by atoms with Crippen molar-refractivity contribution in [2.24, 2.45) is 0 Å². The van der Waals surface area contributed by atoms with E-state index in [9.17, 15) is 14.7 Å². The third-order valence-electron chi connectivity index (χ3n) is 3.94. The van der Waals surface area contributed by atoms with Crippen molar-refractivity contribution < 1.29 is 14.7 Å². The van der Waals surface area contributed by atoms with Crippen LogP contribution in [-0.2, 0) is 16.0 Å². The van der Waals surface area contributed by atoms with Crippen LogP contribution >= 0.6 is 0 Å². The van der Waals surface area contributed by atoms with Crippen LogP contribution in [0.1, 0.15) is 31.7 Å². The average molecular weight is 304 g/mol. The number of carbonyl (C=O) groups is 2. The molecule has 2 unspecified atom stereocenters. The molecule has 1 saturated heterocycles. The summed E-state index contributed by atoms with van der Waals surface area (Å²) in [5.74, 6) is -0.112. The minimum absolute atomic E-state index is 0.000578. The topological polar surface area (TPSA) is 69.6 Å². The average Bonchev–Trinajstić information content (AvgIpc) is 2.97. The van der Waals surface area contributed by atoms with Gasteiger partial charge in [0.15, 0.2) is 0 Å². The van der Waals surface area contributed by atoms with Gasteiger partial charge in [0.2, 0.25) is 11.8 Å². The second-order valence-electron chi connectivity index (χ2n) is 5.84. The van der Waals surface area contributed by atoms with Gasteiger partial charge >= 0.3 is 0 Å². The smallest absolute Gasteiger partial charge is 0.242 e. The third kappa shape index (κ3) is 4.56. The Labute approximate surface area is 131 Å². The van der Waals surface area contributed by atoms with Crippen LogP contribution in [-0.4, -0.2) is 47.1 Å². The first-order valence-corrected chi connectivity index (χ1v) is 7.87. The lowest BCUT2D eigenvalue weighted by atomic mass is 10.1. The number of nitrogens with zero attached hydrogens (tertiary/aromatic N) is 1. The van der Waals surface area contributed by atoms with E-state index in [2.05, 4.69) is 5.32 Å². The Morgan fingerprint density at radius 3 is 2.77 bits per heavy atom. The normalized spacial score (nSPS) is 19.0. The van der Waals surface area contributed by atoms with Crippen molar-refractivity contribution in [1.82, 2.24) is 10.2 Å². The second kappa shape index (κ2) is 7.94. The molecule has 1 heterocycles. The van der Waals surface area contributed by atoms with Gasteiger partial charge in [-0.15, -0.1) is 0 Å². The molecule has 1 aromatic carbocycles. The number of hydrogen-bond acceptors (Lipinski definition) is 3. The first-order valence-electron chi connectivity index (χ1n) is 7.87. The summed E-state index contributed by atoms with van der Waals surface area (Å²) < 4.78 is 0. The van der Waals surface area contributed by atoms with Crippen molar-refractivity contribution >= 4 is 11.8 Å². The number of amides is 2. The van der Waals surface area contributed by atoms with Crippen LogP contribution in [0.5, 0.6) is 0 Å². The molecule has 120 valence electrons. The summed E-state index contributed by atoms with van der Waals surface area (Å²) in [6.45, 7) is 2.77. The molecular formula is C17H24N2O3. The molecule has 2 atom stereocenters. The molecule has 0 bridgehead atoms. The Bertz CT molecular complexity index is 502. The zero-order chi connectivity index (χ0) is 15.9. The summed E-state index contributed by atoms with van der Waals surface area (Å²) in [5, 5.41) is 12.0. The van der Waals surface area contributed by atoms with Gasteiger partial charge in [-0.2, -0.15) is 0 Å². The molecule has 2 rings (SSSR count). The molecule has 0 aromatic heterocycles. The molecule has 0 spiro atoms. The number of likely N-dealkylation sites (tertiary alicyclic amines) is 1. The number of hydrogen-bond donors (Lipinski definition) is 2. The van der Waals surface area contributed by atoms with Gasteiger partial charge in [-0.25, -0.2) is 0 Å². The Morgan fingerprint density at radius 1 is 1.36 bits per heavy atom. The molecule has 2 amide bonds. The Hall–Kier alpha value is -1.88. The summed E-state index contributed by atoms with van der Waals surface area (Å²) in [5.41, 5.74) is 0.965. The fourth-order valence-electron chi connectivity index (χ4n) is 2.73. The summed E-state index contributed by atoms with van der Waals surface area (Å²) in [7, 11) is 0. The monoisotopic (exact) mass is 304 g/mol. The van der Waals surface area contributed by atoms with Crippen molar-refractivity contribution in [2.45, 2.75) is 44.8 Å². The maximum Gasteiger partial charge on any atom is 0.242 e. The minimum atomic E-state index is -0.431. The molecule has 5 heteroatoms. The van der Waals surface area contributed by atoms with Crippen LogP contribution in [0.4, 0.5) is 0 Å². The number of nitrogens with one attached hydrogen (secondary N) is 1. The molecular weight excluding hydrogens is 280 g/mol. The van der Waals surface area contributed by atoms with Crippen molar-refractivity contribution in [3.63, 3.8) is 0 Å². The largest absolute Gasteiger partial charge is 0.393 e. The van der Waals surface area contributed by atoms with Gasteiger partial charge in [0, 0.05) is 13.1 Å². The van der Waals surface area contributed by atoms with Crippen LogP contribution < -0.4 is 5.32 Å². The van der Waals surface area contributed by atoms with Gasteiger partial charge in [-0.1, -0.05) is 30.3 Å². The quantitative estimate of drug-likeness (QED) is 0.827. The lowest BCUT2D eigenvalue weighted by Gasteiger charge is -2.24. The van der Waals surface area contributed by atoms with Crippen LogP contribution in [0.15, 0.2) is 30.3 Å². The van der Waals surface area contributed by atoms with E-state index in [0.29, 0.717) is 32.4 Å². The van der Waals surface area contributed by atoms with Gasteiger partial charge in [-0.3, -0.25) is 9.59 Å². The predicted octanol–water partition coefficient (Wildman–Crippen LogP) is 1.11. The number of carbonyl (C=O) groups excluding carboxylic acids is 2. The molecule has 0 saturated carbocycles. The summed E-state index contributed by atoms with van der Waals surface area (Å²) in [4.78, 5) is 26.3. The van der Waals surface area contributed by atoms with E-state index in [4.69, 9.17) is 0 Å². The molecule has 22 heavy (non-hydrogen) atoms. The van der Waals surface area contributed by atoms with Crippen LogP contribution in [0.25, 0.3) is 0 Å². The molecule has 0 radical (unpaired) electrons. The van der Waals surface area contributed by atoms with E-state index < -0.39 is 6.10 Å². The van der Waals surface area contributed by atoms with Gasteiger partial charge in [0.05, 0.1) is 12.5 Å². The van der Waals surface area contributed by atoms with Crippen molar-refractivity contribution in [3.05, 3.63) is 35.9 Å². The SMILES string of the molecule is CC(O)CCNC(=O)C1CCCN1C(=O)Cc1ccccc1. The number of benzene rings is 1. The summed E-state index contributed by atoms with van der Waals surface area (Å²) in [6.07, 6.45) is 1.99. The van der Waals surface area contributed by atoms with E-state index in [0.717, 1.165) is 12.0 Å². The standard InChI is InChI=1S/C17H24N2O3/c1-13(20)9-10-18-17(22)15-8-5-11-19(15)16(21)12-14-6-3-2-4-7-14/h2-4,6-7,13,15,20H,5,8-12H2,1H3,(H,18,22). The molecule has 5 nitrogen and oxygen atoms in total. The predicted molar refractivity (Wildman–Crippen MR) is 84.2 cm³/mol. The molecule has 1 fully saturated rings. The number of aliphatic hydroxyl groups is 1. The van der Waals surface area contributed by atoms with Crippen LogP contribution in [0, 0.1) is 0 Å². The number of aliphatic hydroxyl groups excluding tert-OH is 1. The fraction of sp³-hybridized carbons (Fsp3) is 0.529. The zero-order valence-corrected chi connectivity index (χ0v) is 13.0. The first-order chi connectivity index (χ1) is 10.6. The molecule has 1 aromatic rings. The minimum Gasteiger partial charge on any atom is -0.393 e. The van der Waals surface area contributed by atoms with Gasteiger partial charge in [0.25, 0.3) is 0 Å². The highest BCUT2D eigenvalue weighted by atomic mass is 16.3. The van der Waals surface area contributed by atoms with Crippen LogP contribution in [0.2, 0.25) is 0 Å². The molecule has 0 aliphatic carbocycles. The maximum absolute atomic E-state index is 12.4. The molecule has 1 aliphatic heterocycles. The van der Waals surface area contributed by atoms with Gasteiger partial charge < -0.3 is 15.3 Å². The highest BCUT2D eigenvalue weighted by Crippen LogP contribution is 2.19. The molecule has 2 N–H and O–H groups in total. The van der Waals surface area contributed by atoms with E-state index in [1.54, 1.807) is 11.8 Å². The van der Waals surface area contributed by atoms with Crippen LogP contribution in [0.3, 0.4) is 0 Å². The zero-order valence-electron chi connectivity index (χ0n) is 13.0. The van der Waals surface area contributed by atoms with E-state index in [-0.39, 0.29) is 17.9 Å². The fourth-order valence-corrected chi connectivity index (χ4v) is 2.73. The van der Waals surface area contributed by atoms with E-state index in [1.807, 2.05) is 30.3 Å². The van der Waals surface area contributed by atoms with Crippen molar-refractivity contribution in [2.75, 3.05) is 13.1 Å². The number of rotatable bonds is 6. The van der Waals surface area contributed by atoms with Crippen molar-refractivity contribution in [3.8, 4) is 0 Å². The van der Waals surface area contributed by atoms with Crippen molar-refractivity contribution in [1.29, 1.82) is 0 Å². The highest BCUT2D eigenvalue weighted by molar-refractivity contribution is 5.89. The van der Waals surface area contributed by atoms with Gasteiger partial charge in [0.1, 0.15) is 6.04 Å². The summed E-state index contributed by atoms with van der Waals surface area (Å²) in [6, 6.07) is 9.21. The lowest BCUT2D eigenvalue weighted by molar-refractivity contribution is -0.138.